The highest BCUT2D eigenvalue weighted by Crippen LogP contribution is 2.71. The zero-order valence-corrected chi connectivity index (χ0v) is 30.8. The van der Waals surface area contributed by atoms with Gasteiger partial charge in [0, 0.05) is 29.6 Å². The van der Waals surface area contributed by atoms with Crippen LogP contribution in [0.25, 0.3) is 22.4 Å². The number of benzene rings is 2. The maximum Gasteiger partial charge on any atom is 0.456 e. The van der Waals surface area contributed by atoms with Crippen molar-refractivity contribution in [1.29, 1.82) is 0 Å². The first-order chi connectivity index (χ1) is 24.3. The number of alkyl halides is 5. The Kier molecular flexibility index (Phi) is 8.30. The highest BCUT2D eigenvalue weighted by molar-refractivity contribution is 7.18. The van der Waals surface area contributed by atoms with Crippen LogP contribution in [0.1, 0.15) is 99.8 Å². The van der Waals surface area contributed by atoms with Crippen LogP contribution in [-0.2, 0) is 9.47 Å². The molecule has 1 aliphatic heterocycles. The molecule has 5 nitrogen and oxygen atoms in total. The van der Waals surface area contributed by atoms with Gasteiger partial charge in [-0.1, -0.05) is 68.8 Å². The Bertz CT molecular complexity index is 1940. The molecule has 2 aromatic carbocycles. The van der Waals surface area contributed by atoms with Crippen LogP contribution in [0, 0.1) is 29.6 Å². The van der Waals surface area contributed by atoms with E-state index in [1.54, 1.807) is 11.3 Å². The molecular formula is C41H46F5NO4S. The zero-order valence-electron chi connectivity index (χ0n) is 30.0. The van der Waals surface area contributed by atoms with Crippen LogP contribution in [-0.4, -0.2) is 57.5 Å². The molecule has 0 radical (unpaired) electrons. The van der Waals surface area contributed by atoms with Crippen LogP contribution in [0.3, 0.4) is 0 Å². The minimum atomic E-state index is -5.90. The van der Waals surface area contributed by atoms with E-state index in [4.69, 9.17) is 9.47 Å². The summed E-state index contributed by atoms with van der Waals surface area (Å²) < 4.78 is 86.8. The van der Waals surface area contributed by atoms with Crippen molar-refractivity contribution in [1.82, 2.24) is 4.98 Å². The fourth-order valence-corrected chi connectivity index (χ4v) is 11.3. The number of aromatic nitrogens is 1. The average molecular weight is 744 g/mol. The molecule has 2 N–H and O–H groups in total. The van der Waals surface area contributed by atoms with Crippen LogP contribution >= 0.6 is 11.3 Å². The van der Waals surface area contributed by atoms with Crippen molar-refractivity contribution in [2.75, 3.05) is 13.2 Å². The number of aliphatic hydroxyl groups is 2. The summed E-state index contributed by atoms with van der Waals surface area (Å²) >= 11 is 1.64. The monoisotopic (exact) mass is 743 g/mol. The summed E-state index contributed by atoms with van der Waals surface area (Å²) in [5.41, 5.74) is -1.06. The number of halogens is 5. The molecule has 6 atom stereocenters. The second-order valence-corrected chi connectivity index (χ2v) is 18.4. The number of aryl methyl sites for hydroxylation is 1. The second kappa shape index (κ2) is 11.9. The number of hydrogen-bond donors (Lipinski definition) is 2. The van der Waals surface area contributed by atoms with Gasteiger partial charge in [-0.2, -0.15) is 22.0 Å². The number of fused-ring (bicyclic) bond motifs is 5. The first-order valence-electron chi connectivity index (χ1n) is 18.3. The minimum Gasteiger partial charge on any atom is -0.385 e. The smallest absolute Gasteiger partial charge is 0.385 e. The minimum absolute atomic E-state index is 0.0481. The quantitative estimate of drug-likeness (QED) is 0.158. The number of hydrogen-bond acceptors (Lipinski definition) is 6. The summed E-state index contributed by atoms with van der Waals surface area (Å²) in [5.74, 6) is -7.75. The lowest BCUT2D eigenvalue weighted by molar-refractivity contribution is -0.362. The van der Waals surface area contributed by atoms with E-state index in [1.165, 1.54) is 6.92 Å². The van der Waals surface area contributed by atoms with Gasteiger partial charge in [0.05, 0.1) is 34.0 Å². The van der Waals surface area contributed by atoms with Gasteiger partial charge in [0.1, 0.15) is 5.60 Å². The lowest BCUT2D eigenvalue weighted by Gasteiger charge is -2.59. The van der Waals surface area contributed by atoms with Crippen LogP contribution < -0.4 is 0 Å². The predicted octanol–water partition coefficient (Wildman–Crippen LogP) is 10.00. The summed E-state index contributed by atoms with van der Waals surface area (Å²) in [6, 6.07) is 13.8. The Balaban J connectivity index is 1.17. The zero-order chi connectivity index (χ0) is 37.1. The molecule has 52 heavy (non-hydrogen) atoms. The molecule has 5 aliphatic rings. The van der Waals surface area contributed by atoms with Crippen molar-refractivity contribution < 1.29 is 41.6 Å². The summed E-state index contributed by atoms with van der Waals surface area (Å²) in [7, 11) is 0. The van der Waals surface area contributed by atoms with Gasteiger partial charge in [-0.3, -0.25) is 0 Å². The molecule has 0 amide bonds. The van der Waals surface area contributed by atoms with Gasteiger partial charge in [0.25, 0.3) is 0 Å². The molecule has 8 rings (SSSR count). The third kappa shape index (κ3) is 5.54. The molecule has 4 aliphatic carbocycles. The molecule has 11 heteroatoms. The van der Waals surface area contributed by atoms with E-state index in [1.807, 2.05) is 61.5 Å². The van der Waals surface area contributed by atoms with E-state index in [0.717, 1.165) is 43.1 Å². The Morgan fingerprint density at radius 3 is 2.25 bits per heavy atom. The van der Waals surface area contributed by atoms with E-state index < -0.39 is 52.8 Å². The van der Waals surface area contributed by atoms with Crippen molar-refractivity contribution in [3.05, 3.63) is 75.3 Å². The third-order valence-corrected chi connectivity index (χ3v) is 14.2. The number of nitrogens with zero attached hydrogens (tertiary/aromatic N) is 1. The van der Waals surface area contributed by atoms with Crippen LogP contribution in [0.2, 0.25) is 0 Å². The average Bonchev–Trinajstić information content (AvgIpc) is 3.59. The molecule has 3 saturated carbocycles. The van der Waals surface area contributed by atoms with E-state index in [9.17, 15) is 23.4 Å². The molecule has 1 spiro atoms. The van der Waals surface area contributed by atoms with Crippen molar-refractivity contribution in [2.24, 2.45) is 22.7 Å². The molecule has 3 aromatic rings. The Labute approximate surface area is 304 Å². The summed E-state index contributed by atoms with van der Waals surface area (Å²) in [6.45, 7) is 8.53. The fourth-order valence-electron chi connectivity index (χ4n) is 10.5. The van der Waals surface area contributed by atoms with Gasteiger partial charge in [0.15, 0.2) is 5.79 Å². The maximum absolute atomic E-state index is 15.5. The number of rotatable bonds is 4. The van der Waals surface area contributed by atoms with E-state index >= 15 is 8.78 Å². The molecule has 1 aromatic heterocycles. The van der Waals surface area contributed by atoms with Gasteiger partial charge < -0.3 is 19.7 Å². The van der Waals surface area contributed by atoms with Gasteiger partial charge in [0.2, 0.25) is 0 Å². The molecule has 280 valence electrons. The first-order valence-corrected chi connectivity index (χ1v) is 19.2. The van der Waals surface area contributed by atoms with Crippen molar-refractivity contribution in [3.63, 3.8) is 0 Å². The molecule has 2 heterocycles. The third-order valence-electron chi connectivity index (χ3n) is 13.2. The number of ether oxygens (including phenoxy) is 2. The summed E-state index contributed by atoms with van der Waals surface area (Å²) in [4.78, 5) is 4.58. The molecule has 4 fully saturated rings. The van der Waals surface area contributed by atoms with E-state index in [0.29, 0.717) is 38.9 Å². The Hall–Kier alpha value is -2.70. The molecule has 0 unspecified atom stereocenters. The normalized spacial score (nSPS) is 34.5. The molecule has 1 saturated heterocycles. The van der Waals surface area contributed by atoms with Crippen molar-refractivity contribution in [2.45, 2.75) is 114 Å². The molecule has 0 bridgehead atoms. The van der Waals surface area contributed by atoms with Gasteiger partial charge in [-0.25, -0.2) is 4.98 Å². The second-order valence-electron chi connectivity index (χ2n) is 17.2. The van der Waals surface area contributed by atoms with Crippen LogP contribution in [0.5, 0.6) is 0 Å². The van der Waals surface area contributed by atoms with E-state index in [2.05, 4.69) is 18.8 Å². The van der Waals surface area contributed by atoms with Crippen LogP contribution in [0.15, 0.2) is 53.6 Å². The standard InChI is InChI=1S/C41H46F5NO4S/c1-24-47-32-19-26(9-12-33(32)52-24)6-5-25-7-10-27(11-8-25)29-20-36(4)30(15-18-39(36,49)40(42,43)41(44,45)46)28-13-16-37(48)21-38(17-14-31(37)34(28)29)50-22-35(2,3)23-51-38/h5-12,19,28-30,48-49H,13-18,20-23H2,1-4H3/t28-,29+,30-,36-,37+,39-/m0/s1. The molecular weight excluding hydrogens is 698 g/mol. The van der Waals surface area contributed by atoms with Gasteiger partial charge in [-0.05, 0) is 91.7 Å². The number of thiazole rings is 1. The maximum atomic E-state index is 15.5. The highest BCUT2D eigenvalue weighted by atomic mass is 32.1. The van der Waals surface area contributed by atoms with Crippen molar-refractivity contribution >= 4 is 33.7 Å². The largest absolute Gasteiger partial charge is 0.456 e. The highest BCUT2D eigenvalue weighted by Gasteiger charge is 2.79. The summed E-state index contributed by atoms with van der Waals surface area (Å²) in [6.07, 6.45) is -0.691. The Morgan fingerprint density at radius 2 is 1.56 bits per heavy atom. The van der Waals surface area contributed by atoms with Gasteiger partial charge >= 0.3 is 12.1 Å². The van der Waals surface area contributed by atoms with Crippen molar-refractivity contribution in [3.8, 4) is 0 Å². The van der Waals surface area contributed by atoms with Gasteiger partial charge in [-0.15, -0.1) is 11.3 Å². The SMILES string of the molecule is Cc1nc2cc(C=Cc3ccc([C@H]4C[C@@]5(C)[C@@H](CC[C@@]5(O)C(F)(F)C(F)(F)F)[C@@H]5CC[C@@]6(O)CC7(CCC6=C54)OCC(C)(C)CO7)cc3)ccc2s1. The van der Waals surface area contributed by atoms with Crippen LogP contribution in [0.4, 0.5) is 22.0 Å². The lowest BCUT2D eigenvalue weighted by Crippen LogP contribution is -2.65. The Morgan fingerprint density at radius 1 is 0.885 bits per heavy atom. The first kappa shape index (κ1) is 36.3. The summed E-state index contributed by atoms with van der Waals surface area (Å²) in [5, 5.41) is 25.1. The topological polar surface area (TPSA) is 71.8 Å². The number of allylic oxidation sites excluding steroid dienone is 1. The lowest BCUT2D eigenvalue weighted by atomic mass is 9.49. The fraction of sp³-hybridized carbons (Fsp3) is 0.585. The van der Waals surface area contributed by atoms with E-state index in [-0.39, 0.29) is 30.6 Å². The predicted molar refractivity (Wildman–Crippen MR) is 191 cm³/mol.